The molecule has 1 N–H and O–H groups in total. The number of halogens is 1. The topological polar surface area (TPSA) is 88.9 Å². The van der Waals surface area contributed by atoms with Gasteiger partial charge >= 0.3 is 0 Å². The van der Waals surface area contributed by atoms with E-state index in [1.165, 1.54) is 18.5 Å². The maximum absolute atomic E-state index is 11.0. The number of fused-ring (bicyclic) bond motifs is 1. The van der Waals surface area contributed by atoms with Gasteiger partial charge in [0.2, 0.25) is 0 Å². The fraction of sp³-hybridized carbons (Fsp3) is 0. The predicted octanol–water partition coefficient (Wildman–Crippen LogP) is 1.85. The van der Waals surface area contributed by atoms with Gasteiger partial charge in [0, 0.05) is 6.07 Å². The number of H-pyrrole nitrogens is 1. The van der Waals surface area contributed by atoms with E-state index in [4.69, 9.17) is 11.6 Å². The largest absolute Gasteiger partial charge is 0.345 e. The SMILES string of the molecule is O=C(Cl)c1cc2[nH]cnc2cc1[N+](=O)[O-]. The Kier molecular flexibility index (Phi) is 2.12. The first-order chi connectivity index (χ1) is 7.09. The van der Waals surface area contributed by atoms with Crippen LogP contribution in [-0.4, -0.2) is 20.1 Å². The highest BCUT2D eigenvalue weighted by atomic mass is 35.5. The van der Waals surface area contributed by atoms with Crippen molar-refractivity contribution in [2.75, 3.05) is 0 Å². The molecule has 0 aliphatic heterocycles. The van der Waals surface area contributed by atoms with Gasteiger partial charge in [-0.05, 0) is 17.7 Å². The summed E-state index contributed by atoms with van der Waals surface area (Å²) in [5.74, 6) is 0. The molecule has 0 unspecified atom stereocenters. The van der Waals surface area contributed by atoms with Gasteiger partial charge in [-0.3, -0.25) is 14.9 Å². The van der Waals surface area contributed by atoms with E-state index >= 15 is 0 Å². The van der Waals surface area contributed by atoms with Crippen LogP contribution in [0, 0.1) is 10.1 Å². The molecule has 0 spiro atoms. The van der Waals surface area contributed by atoms with Crippen molar-refractivity contribution in [2.24, 2.45) is 0 Å². The summed E-state index contributed by atoms with van der Waals surface area (Å²) in [6, 6.07) is 2.53. The molecule has 0 bridgehead atoms. The lowest BCUT2D eigenvalue weighted by Crippen LogP contribution is -1.98. The van der Waals surface area contributed by atoms with Crippen molar-refractivity contribution < 1.29 is 9.72 Å². The van der Waals surface area contributed by atoms with Crippen LogP contribution in [-0.2, 0) is 0 Å². The van der Waals surface area contributed by atoms with Crippen molar-refractivity contribution in [1.29, 1.82) is 0 Å². The lowest BCUT2D eigenvalue weighted by atomic mass is 10.2. The number of carbonyl (C=O) groups is 1. The van der Waals surface area contributed by atoms with Crippen LogP contribution in [0.1, 0.15) is 10.4 Å². The number of benzene rings is 1. The maximum Gasteiger partial charge on any atom is 0.283 e. The Morgan fingerprint density at radius 2 is 2.27 bits per heavy atom. The first-order valence-electron chi connectivity index (χ1n) is 3.91. The molecule has 15 heavy (non-hydrogen) atoms. The van der Waals surface area contributed by atoms with Crippen LogP contribution in [0.25, 0.3) is 11.0 Å². The summed E-state index contributed by atoms with van der Waals surface area (Å²) < 4.78 is 0. The minimum Gasteiger partial charge on any atom is -0.345 e. The molecule has 0 atom stereocenters. The third-order valence-corrected chi connectivity index (χ3v) is 2.15. The summed E-state index contributed by atoms with van der Waals surface area (Å²) in [4.78, 5) is 27.5. The van der Waals surface area contributed by atoms with E-state index in [1.54, 1.807) is 0 Å². The molecule has 1 aromatic heterocycles. The van der Waals surface area contributed by atoms with Crippen molar-refractivity contribution in [1.82, 2.24) is 9.97 Å². The summed E-state index contributed by atoms with van der Waals surface area (Å²) in [5, 5.41) is 9.79. The Labute approximate surface area is 88.0 Å². The van der Waals surface area contributed by atoms with E-state index in [0.29, 0.717) is 11.0 Å². The Bertz CT molecular complexity index is 515. The van der Waals surface area contributed by atoms with Gasteiger partial charge in [-0.1, -0.05) is 0 Å². The van der Waals surface area contributed by atoms with E-state index in [1.807, 2.05) is 0 Å². The number of aromatic amines is 1. The van der Waals surface area contributed by atoms with Gasteiger partial charge in [0.1, 0.15) is 5.56 Å². The van der Waals surface area contributed by atoms with E-state index in [-0.39, 0.29) is 11.3 Å². The van der Waals surface area contributed by atoms with Crippen molar-refractivity contribution >= 4 is 33.6 Å². The number of nitrogens with one attached hydrogen (secondary N) is 1. The van der Waals surface area contributed by atoms with Gasteiger partial charge in [0.05, 0.1) is 22.3 Å². The summed E-state index contributed by atoms with van der Waals surface area (Å²) in [7, 11) is 0. The van der Waals surface area contributed by atoms with Crippen molar-refractivity contribution in [3.05, 3.63) is 34.1 Å². The van der Waals surface area contributed by atoms with Crippen LogP contribution in [0.3, 0.4) is 0 Å². The van der Waals surface area contributed by atoms with Crippen molar-refractivity contribution in [3.63, 3.8) is 0 Å². The number of hydrogen-bond donors (Lipinski definition) is 1. The predicted molar refractivity (Wildman–Crippen MR) is 52.9 cm³/mol. The molecule has 0 radical (unpaired) electrons. The van der Waals surface area contributed by atoms with Crippen LogP contribution in [0.15, 0.2) is 18.5 Å². The highest BCUT2D eigenvalue weighted by molar-refractivity contribution is 6.68. The molecule has 0 fully saturated rings. The molecule has 7 heteroatoms. The molecule has 0 amide bonds. The average molecular weight is 226 g/mol. The number of nitro benzene ring substituents is 1. The van der Waals surface area contributed by atoms with E-state index < -0.39 is 10.2 Å². The van der Waals surface area contributed by atoms with E-state index in [0.717, 1.165) is 0 Å². The maximum atomic E-state index is 11.0. The molecule has 1 heterocycles. The van der Waals surface area contributed by atoms with Crippen molar-refractivity contribution in [2.45, 2.75) is 0 Å². The zero-order valence-corrected chi connectivity index (χ0v) is 7.99. The second kappa shape index (κ2) is 3.32. The zero-order chi connectivity index (χ0) is 11.0. The zero-order valence-electron chi connectivity index (χ0n) is 7.23. The lowest BCUT2D eigenvalue weighted by Gasteiger charge is -1.97. The number of hydrogen-bond acceptors (Lipinski definition) is 4. The van der Waals surface area contributed by atoms with Gasteiger partial charge in [-0.15, -0.1) is 0 Å². The highest BCUT2D eigenvalue weighted by Gasteiger charge is 2.20. The number of aromatic nitrogens is 2. The van der Waals surface area contributed by atoms with Gasteiger partial charge in [0.25, 0.3) is 10.9 Å². The first kappa shape index (κ1) is 9.60. The minimum atomic E-state index is -0.863. The summed E-state index contributed by atoms with van der Waals surface area (Å²) in [6.07, 6.45) is 1.39. The Morgan fingerprint density at radius 1 is 1.53 bits per heavy atom. The molecule has 2 aromatic rings. The van der Waals surface area contributed by atoms with Crippen molar-refractivity contribution in [3.8, 4) is 0 Å². The molecule has 0 saturated carbocycles. The Morgan fingerprint density at radius 3 is 2.87 bits per heavy atom. The van der Waals surface area contributed by atoms with Gasteiger partial charge in [-0.2, -0.15) is 0 Å². The minimum absolute atomic E-state index is 0.140. The fourth-order valence-corrected chi connectivity index (χ4v) is 1.43. The smallest absolute Gasteiger partial charge is 0.283 e. The summed E-state index contributed by atoms with van der Waals surface area (Å²) in [5.41, 5.74) is 0.473. The summed E-state index contributed by atoms with van der Waals surface area (Å²) in [6.45, 7) is 0. The molecule has 1 aromatic carbocycles. The highest BCUT2D eigenvalue weighted by Crippen LogP contribution is 2.25. The van der Waals surface area contributed by atoms with Crippen LogP contribution in [0.4, 0.5) is 5.69 Å². The van der Waals surface area contributed by atoms with Gasteiger partial charge in [-0.25, -0.2) is 4.98 Å². The average Bonchev–Trinajstić information content (AvgIpc) is 2.61. The number of rotatable bonds is 2. The Balaban J connectivity index is 2.79. The Hall–Kier alpha value is -1.95. The van der Waals surface area contributed by atoms with E-state index in [9.17, 15) is 14.9 Å². The van der Waals surface area contributed by atoms with Crippen LogP contribution in [0.5, 0.6) is 0 Å². The molecule has 76 valence electrons. The second-order valence-corrected chi connectivity index (χ2v) is 3.16. The number of nitro groups is 1. The van der Waals surface area contributed by atoms with Crippen LogP contribution >= 0.6 is 11.6 Å². The fourth-order valence-electron chi connectivity index (χ4n) is 1.28. The lowest BCUT2D eigenvalue weighted by molar-refractivity contribution is -0.385. The third kappa shape index (κ3) is 1.55. The number of imidazole rings is 1. The summed E-state index contributed by atoms with van der Waals surface area (Å²) >= 11 is 5.24. The number of nitrogens with zero attached hydrogens (tertiary/aromatic N) is 2. The molecular weight excluding hydrogens is 222 g/mol. The normalized spacial score (nSPS) is 10.5. The van der Waals surface area contributed by atoms with Gasteiger partial charge < -0.3 is 4.98 Å². The number of carbonyl (C=O) groups excluding carboxylic acids is 1. The van der Waals surface area contributed by atoms with Crippen LogP contribution in [0.2, 0.25) is 0 Å². The van der Waals surface area contributed by atoms with Gasteiger partial charge in [0.15, 0.2) is 0 Å². The monoisotopic (exact) mass is 225 g/mol. The molecular formula is C8H4ClN3O3. The molecule has 0 saturated heterocycles. The quantitative estimate of drug-likeness (QED) is 0.480. The van der Waals surface area contributed by atoms with Crippen LogP contribution < -0.4 is 0 Å². The molecule has 0 aliphatic carbocycles. The standard InChI is InChI=1S/C8H4ClN3O3/c9-8(13)4-1-5-6(11-3-10-5)2-7(4)12(14)15/h1-3H,(H,10,11). The molecule has 0 aliphatic rings. The molecule has 2 rings (SSSR count). The first-order valence-corrected chi connectivity index (χ1v) is 4.29. The molecule has 6 nitrogen and oxygen atoms in total. The van der Waals surface area contributed by atoms with E-state index in [2.05, 4.69) is 9.97 Å². The second-order valence-electron chi connectivity index (χ2n) is 2.82. The third-order valence-electron chi connectivity index (χ3n) is 1.95.